The Labute approximate surface area is 163 Å². The van der Waals surface area contributed by atoms with Gasteiger partial charge in [-0.05, 0) is 18.2 Å². The molecule has 0 bridgehead atoms. The number of carbonyl (C=O) groups excluding carboxylic acids is 2. The van der Waals surface area contributed by atoms with Crippen LogP contribution in [0.5, 0.6) is 0 Å². The molecule has 0 radical (unpaired) electrons. The summed E-state index contributed by atoms with van der Waals surface area (Å²) in [6, 6.07) is 2.50. The van der Waals surface area contributed by atoms with E-state index in [-0.39, 0.29) is 33.4 Å². The van der Waals surface area contributed by atoms with E-state index in [1.54, 1.807) is 0 Å². The molecule has 0 atom stereocenters. The largest absolute Gasteiger partial charge is 0.347 e. The van der Waals surface area contributed by atoms with Gasteiger partial charge in [-0.2, -0.15) is 16.8 Å². The average Bonchev–Trinajstić information content (AvgIpc) is 2.57. The highest BCUT2D eigenvalue weighted by Gasteiger charge is 2.32. The average molecular weight is 445 g/mol. The third-order valence-electron chi connectivity index (χ3n) is 3.91. The molecule has 148 valence electrons. The first kappa shape index (κ1) is 20.2. The summed E-state index contributed by atoms with van der Waals surface area (Å²) in [6.45, 7) is -0.228. The predicted molar refractivity (Wildman–Crippen MR) is 101 cm³/mol. The minimum absolute atomic E-state index is 0.0782. The van der Waals surface area contributed by atoms with Crippen LogP contribution in [0.3, 0.4) is 0 Å². The Kier molecular flexibility index (Phi) is 4.73. The van der Waals surface area contributed by atoms with Gasteiger partial charge in [0.15, 0.2) is 0 Å². The molecule has 1 heterocycles. The number of rotatable bonds is 4. The lowest BCUT2D eigenvalue weighted by Crippen LogP contribution is -2.35. The van der Waals surface area contributed by atoms with Crippen LogP contribution in [0, 0.1) is 0 Å². The third-order valence-corrected chi connectivity index (χ3v) is 5.89. The van der Waals surface area contributed by atoms with E-state index in [4.69, 9.17) is 18.0 Å². The normalized spacial score (nSPS) is 14.1. The molecule has 14 heteroatoms. The second-order valence-corrected chi connectivity index (χ2v) is 8.98. The van der Waals surface area contributed by atoms with Crippen LogP contribution in [-0.2, 0) is 20.2 Å². The van der Waals surface area contributed by atoms with E-state index in [0.29, 0.717) is 0 Å². The monoisotopic (exact) mass is 445 g/mol. The lowest BCUT2D eigenvalue weighted by atomic mass is 9.94. The summed E-state index contributed by atoms with van der Waals surface area (Å²) in [6.07, 6.45) is 0. The zero-order valence-electron chi connectivity index (χ0n) is 13.6. The molecule has 2 aromatic rings. The summed E-state index contributed by atoms with van der Waals surface area (Å²) >= 11 is 4.92. The number of benzene rings is 2. The molecule has 2 amide bonds. The molecule has 1 aliphatic rings. The van der Waals surface area contributed by atoms with Gasteiger partial charge in [0.25, 0.3) is 32.1 Å². The minimum Gasteiger partial charge on any atom is -0.347 e. The van der Waals surface area contributed by atoms with Crippen LogP contribution in [0.4, 0.5) is 5.69 Å². The Morgan fingerprint density at radius 3 is 2.11 bits per heavy atom. The van der Waals surface area contributed by atoms with E-state index < -0.39 is 47.5 Å². The smallest absolute Gasteiger partial charge is 0.296 e. The Bertz CT molecular complexity index is 1280. The fourth-order valence-electron chi connectivity index (χ4n) is 2.78. The van der Waals surface area contributed by atoms with E-state index in [1.807, 2.05) is 5.32 Å². The van der Waals surface area contributed by atoms with Gasteiger partial charge in [-0.25, -0.2) is 0 Å². The van der Waals surface area contributed by atoms with Gasteiger partial charge in [0.05, 0.1) is 15.6 Å². The van der Waals surface area contributed by atoms with Crippen molar-refractivity contribution in [3.63, 3.8) is 0 Å². The van der Waals surface area contributed by atoms with Gasteiger partial charge in [0.2, 0.25) is 0 Å². The van der Waals surface area contributed by atoms with Gasteiger partial charge in [-0.1, -0.05) is 12.2 Å². The molecular formula is C14H11N3O8S3. The molecule has 0 fully saturated rings. The zero-order valence-corrected chi connectivity index (χ0v) is 16.0. The van der Waals surface area contributed by atoms with E-state index in [1.165, 1.54) is 0 Å². The van der Waals surface area contributed by atoms with Crippen molar-refractivity contribution in [1.82, 2.24) is 5.32 Å². The van der Waals surface area contributed by atoms with Crippen LogP contribution in [0.25, 0.3) is 10.8 Å². The number of anilines is 1. The first-order valence-electron chi connectivity index (χ1n) is 7.30. The van der Waals surface area contributed by atoms with Crippen molar-refractivity contribution in [2.75, 3.05) is 11.9 Å². The highest BCUT2D eigenvalue weighted by Crippen LogP contribution is 2.38. The molecule has 2 aromatic carbocycles. The van der Waals surface area contributed by atoms with Crippen LogP contribution in [-0.4, -0.2) is 49.3 Å². The van der Waals surface area contributed by atoms with Gasteiger partial charge >= 0.3 is 0 Å². The summed E-state index contributed by atoms with van der Waals surface area (Å²) in [5.41, 5.74) is 4.39. The van der Waals surface area contributed by atoms with Crippen molar-refractivity contribution in [1.29, 1.82) is 0 Å². The molecular weight excluding hydrogens is 434 g/mol. The van der Waals surface area contributed by atoms with Crippen LogP contribution in [0.2, 0.25) is 0 Å². The Balaban J connectivity index is 2.61. The van der Waals surface area contributed by atoms with Crippen LogP contribution < -0.4 is 16.4 Å². The molecule has 11 nitrogen and oxygen atoms in total. The fraction of sp³-hybridized carbons (Fsp3) is 0.0714. The molecule has 0 spiro atoms. The van der Waals surface area contributed by atoms with Crippen LogP contribution >= 0.6 is 12.2 Å². The fourth-order valence-corrected chi connectivity index (χ4v) is 4.10. The highest BCUT2D eigenvalue weighted by atomic mass is 32.2. The van der Waals surface area contributed by atoms with Crippen LogP contribution in [0.1, 0.15) is 20.7 Å². The Morgan fingerprint density at radius 1 is 1.04 bits per heavy atom. The number of carbonyl (C=O) groups is 2. The maximum Gasteiger partial charge on any atom is 0.296 e. The van der Waals surface area contributed by atoms with Crippen molar-refractivity contribution < 1.29 is 35.5 Å². The second kappa shape index (κ2) is 6.54. The first-order chi connectivity index (χ1) is 12.8. The van der Waals surface area contributed by atoms with E-state index in [2.05, 4.69) is 5.32 Å². The van der Waals surface area contributed by atoms with Crippen molar-refractivity contribution in [2.24, 2.45) is 5.73 Å². The van der Waals surface area contributed by atoms with Gasteiger partial charge in [0, 0.05) is 28.4 Å². The predicted octanol–water partition coefficient (Wildman–Crippen LogP) is -0.0852. The number of hydrogen-bond acceptors (Lipinski definition) is 8. The van der Waals surface area contributed by atoms with Gasteiger partial charge < -0.3 is 11.1 Å². The number of amides is 2. The van der Waals surface area contributed by atoms with E-state index in [9.17, 15) is 35.5 Å². The molecule has 0 aliphatic carbocycles. The number of thiocarbonyl (C=S) groups is 1. The molecule has 1 aliphatic heterocycles. The maximum atomic E-state index is 12.2. The summed E-state index contributed by atoms with van der Waals surface area (Å²) in [5, 5.41) is 4.05. The summed E-state index contributed by atoms with van der Waals surface area (Å²) in [5.74, 6) is -1.92. The number of hydrogen-bond donors (Lipinski definition) is 5. The number of nitrogens with two attached hydrogens (primary N) is 1. The molecule has 6 N–H and O–H groups in total. The summed E-state index contributed by atoms with van der Waals surface area (Å²) in [4.78, 5) is 22.8. The second-order valence-electron chi connectivity index (χ2n) is 5.68. The number of imide groups is 1. The molecule has 0 saturated carbocycles. The minimum atomic E-state index is -4.93. The van der Waals surface area contributed by atoms with E-state index >= 15 is 0 Å². The SMILES string of the molecule is NCC(=S)Nc1c(S(=O)(=O)O)cc2c3c(cc(S(=O)(=O)O)cc13)C(=O)NC2=O. The van der Waals surface area contributed by atoms with Gasteiger partial charge in [0.1, 0.15) is 4.90 Å². The van der Waals surface area contributed by atoms with Crippen molar-refractivity contribution >= 4 is 65.7 Å². The Hall–Kier alpha value is -2.49. The molecule has 0 unspecified atom stereocenters. The molecule has 0 aromatic heterocycles. The zero-order chi connectivity index (χ0) is 21.0. The third kappa shape index (κ3) is 3.36. The standard InChI is InChI=1S/C14H11N3O8S3/c15-4-10(26)16-12-6-1-5(27(20,21)22)2-7-11(6)8(14(19)17-13(7)18)3-9(12)28(23,24)25/h1-3H,4,15H2,(H,16,26)(H,17,18,19)(H,20,21,22)(H,23,24,25). The number of nitrogens with one attached hydrogen (secondary N) is 2. The summed E-state index contributed by atoms with van der Waals surface area (Å²) < 4.78 is 65.9. The maximum absolute atomic E-state index is 12.2. The molecule has 28 heavy (non-hydrogen) atoms. The lowest BCUT2D eigenvalue weighted by molar-refractivity contribution is 0.0844. The highest BCUT2D eigenvalue weighted by molar-refractivity contribution is 7.86. The first-order valence-corrected chi connectivity index (χ1v) is 10.6. The van der Waals surface area contributed by atoms with E-state index in [0.717, 1.165) is 18.2 Å². The van der Waals surface area contributed by atoms with Crippen molar-refractivity contribution in [3.8, 4) is 0 Å². The van der Waals surface area contributed by atoms with Crippen LogP contribution in [0.15, 0.2) is 28.0 Å². The van der Waals surface area contributed by atoms with Crippen molar-refractivity contribution in [2.45, 2.75) is 9.79 Å². The molecule has 3 rings (SSSR count). The lowest BCUT2D eigenvalue weighted by Gasteiger charge is -2.22. The summed E-state index contributed by atoms with van der Waals surface area (Å²) in [7, 11) is -9.74. The van der Waals surface area contributed by atoms with Gasteiger partial charge in [-0.3, -0.25) is 24.0 Å². The topological polar surface area (TPSA) is 193 Å². The van der Waals surface area contributed by atoms with Gasteiger partial charge in [-0.15, -0.1) is 0 Å². The Morgan fingerprint density at radius 2 is 1.61 bits per heavy atom. The van der Waals surface area contributed by atoms with Crippen molar-refractivity contribution in [3.05, 3.63) is 29.3 Å². The quantitative estimate of drug-likeness (QED) is 0.240. The molecule has 0 saturated heterocycles.